The van der Waals surface area contributed by atoms with Crippen LogP contribution in [0.5, 0.6) is 0 Å². The van der Waals surface area contributed by atoms with Crippen molar-refractivity contribution in [3.63, 3.8) is 0 Å². The van der Waals surface area contributed by atoms with Gasteiger partial charge in [0.15, 0.2) is 5.78 Å². The number of aryl methyl sites for hydroxylation is 1. The molecule has 0 N–H and O–H groups in total. The van der Waals surface area contributed by atoms with Crippen LogP contribution in [-0.2, 0) is 0 Å². The number of ketones is 1. The third-order valence-electron chi connectivity index (χ3n) is 4.13. The molecule has 5 heteroatoms. The monoisotopic (exact) mass is 317 g/mol. The van der Waals surface area contributed by atoms with Gasteiger partial charge in [0, 0.05) is 23.3 Å². The summed E-state index contributed by atoms with van der Waals surface area (Å²) >= 11 is 6.07. The average molecular weight is 318 g/mol. The molecular formula is C17H16ClNO3. The van der Waals surface area contributed by atoms with Crippen molar-refractivity contribution in [3.05, 3.63) is 72.8 Å². The van der Waals surface area contributed by atoms with Crippen molar-refractivity contribution in [1.82, 2.24) is 0 Å². The molecule has 0 radical (unpaired) electrons. The molecule has 2 aromatic carbocycles. The Balaban J connectivity index is 2.63. The van der Waals surface area contributed by atoms with E-state index < -0.39 is 4.92 Å². The summed E-state index contributed by atoms with van der Waals surface area (Å²) in [6, 6.07) is 5.72. The van der Waals surface area contributed by atoms with Gasteiger partial charge < -0.3 is 0 Å². The number of nitro benzene ring substituents is 1. The predicted octanol–water partition coefficient (Wildman–Crippen LogP) is 4.71. The number of carbonyl (C=O) groups is 1. The van der Waals surface area contributed by atoms with Gasteiger partial charge in [-0.1, -0.05) is 11.6 Å². The molecule has 0 saturated carbocycles. The third kappa shape index (κ3) is 2.74. The number of carbonyl (C=O) groups excluding carboxylic acids is 1. The first kappa shape index (κ1) is 16.2. The summed E-state index contributed by atoms with van der Waals surface area (Å²) in [5.74, 6) is -0.294. The molecule has 0 bridgehead atoms. The fourth-order valence-electron chi connectivity index (χ4n) is 2.39. The maximum atomic E-state index is 12.8. The highest BCUT2D eigenvalue weighted by Crippen LogP contribution is 2.28. The first-order chi connectivity index (χ1) is 10.2. The van der Waals surface area contributed by atoms with Crippen LogP contribution in [0.2, 0.25) is 5.02 Å². The van der Waals surface area contributed by atoms with Crippen molar-refractivity contribution in [2.24, 2.45) is 0 Å². The largest absolute Gasteiger partial charge is 0.289 e. The molecule has 0 heterocycles. The van der Waals surface area contributed by atoms with E-state index in [4.69, 9.17) is 11.6 Å². The van der Waals surface area contributed by atoms with E-state index in [1.54, 1.807) is 0 Å². The first-order valence-electron chi connectivity index (χ1n) is 6.80. The zero-order valence-corrected chi connectivity index (χ0v) is 13.6. The molecule has 2 rings (SSSR count). The highest BCUT2D eigenvalue weighted by molar-refractivity contribution is 6.35. The lowest BCUT2D eigenvalue weighted by Gasteiger charge is -2.14. The molecule has 2 aromatic rings. The number of nitro groups is 1. The number of rotatable bonds is 3. The van der Waals surface area contributed by atoms with E-state index in [0.717, 1.165) is 22.3 Å². The van der Waals surface area contributed by atoms with Crippen molar-refractivity contribution in [2.75, 3.05) is 0 Å². The molecular weight excluding hydrogens is 302 g/mol. The number of non-ortho nitro benzene ring substituents is 1. The molecule has 4 nitrogen and oxygen atoms in total. The van der Waals surface area contributed by atoms with E-state index in [1.165, 1.54) is 18.2 Å². The Morgan fingerprint density at radius 3 is 2.23 bits per heavy atom. The summed E-state index contributed by atoms with van der Waals surface area (Å²) in [4.78, 5) is 23.1. The van der Waals surface area contributed by atoms with Crippen LogP contribution in [-0.4, -0.2) is 10.7 Å². The molecule has 0 aliphatic heterocycles. The van der Waals surface area contributed by atoms with Gasteiger partial charge in [-0.2, -0.15) is 0 Å². The van der Waals surface area contributed by atoms with E-state index in [2.05, 4.69) is 0 Å². The van der Waals surface area contributed by atoms with Crippen LogP contribution in [0.4, 0.5) is 5.69 Å². The fourth-order valence-corrected chi connectivity index (χ4v) is 2.60. The highest BCUT2D eigenvalue weighted by atomic mass is 35.5. The maximum Gasteiger partial charge on any atom is 0.270 e. The smallest absolute Gasteiger partial charge is 0.270 e. The Morgan fingerprint density at radius 1 is 1.00 bits per heavy atom. The second kappa shape index (κ2) is 5.89. The number of halogens is 1. The number of nitrogens with zero attached hydrogens (tertiary/aromatic N) is 1. The Labute approximate surface area is 133 Å². The van der Waals surface area contributed by atoms with Gasteiger partial charge in [0.1, 0.15) is 0 Å². The van der Waals surface area contributed by atoms with Gasteiger partial charge >= 0.3 is 0 Å². The average Bonchev–Trinajstić information content (AvgIpc) is 2.48. The summed E-state index contributed by atoms with van der Waals surface area (Å²) in [6.07, 6.45) is 0. The molecule has 0 aliphatic carbocycles. The molecule has 0 amide bonds. The van der Waals surface area contributed by atoms with Crippen LogP contribution in [0.1, 0.15) is 38.2 Å². The zero-order valence-electron chi connectivity index (χ0n) is 12.9. The van der Waals surface area contributed by atoms with Crippen LogP contribution in [0.15, 0.2) is 24.3 Å². The molecule has 0 fully saturated rings. The van der Waals surface area contributed by atoms with Crippen LogP contribution < -0.4 is 0 Å². The summed E-state index contributed by atoms with van der Waals surface area (Å²) < 4.78 is 0. The Kier molecular flexibility index (Phi) is 4.33. The quantitative estimate of drug-likeness (QED) is 0.468. The molecule has 0 aromatic heterocycles. The van der Waals surface area contributed by atoms with E-state index in [-0.39, 0.29) is 22.1 Å². The Hall–Kier alpha value is -2.20. The number of benzene rings is 2. The highest BCUT2D eigenvalue weighted by Gasteiger charge is 2.20. The molecule has 0 aliphatic rings. The lowest BCUT2D eigenvalue weighted by atomic mass is 9.90. The SMILES string of the molecule is Cc1cc(C(=O)c2cc([N+](=O)[O-])ccc2Cl)c(C)c(C)c1C. The lowest BCUT2D eigenvalue weighted by Crippen LogP contribution is -2.08. The van der Waals surface area contributed by atoms with Gasteiger partial charge in [0.25, 0.3) is 5.69 Å². The van der Waals surface area contributed by atoms with Gasteiger partial charge in [-0.15, -0.1) is 0 Å². The van der Waals surface area contributed by atoms with Gasteiger partial charge in [-0.25, -0.2) is 0 Å². The second-order valence-corrected chi connectivity index (χ2v) is 5.77. The van der Waals surface area contributed by atoms with Gasteiger partial charge in [0.2, 0.25) is 0 Å². The van der Waals surface area contributed by atoms with E-state index in [9.17, 15) is 14.9 Å². The zero-order chi connectivity index (χ0) is 16.6. The summed E-state index contributed by atoms with van der Waals surface area (Å²) in [7, 11) is 0. The summed E-state index contributed by atoms with van der Waals surface area (Å²) in [5, 5.41) is 11.1. The minimum atomic E-state index is -0.536. The minimum Gasteiger partial charge on any atom is -0.289 e. The fraction of sp³-hybridized carbons (Fsp3) is 0.235. The van der Waals surface area contributed by atoms with Gasteiger partial charge in [-0.3, -0.25) is 14.9 Å². The molecule has 0 saturated heterocycles. The molecule has 114 valence electrons. The van der Waals surface area contributed by atoms with Crippen molar-refractivity contribution >= 4 is 23.1 Å². The van der Waals surface area contributed by atoms with E-state index >= 15 is 0 Å². The lowest BCUT2D eigenvalue weighted by molar-refractivity contribution is -0.384. The predicted molar refractivity (Wildman–Crippen MR) is 86.9 cm³/mol. The molecule has 0 atom stereocenters. The second-order valence-electron chi connectivity index (χ2n) is 5.37. The number of hydrogen-bond donors (Lipinski definition) is 0. The van der Waals surface area contributed by atoms with Crippen LogP contribution in [0.25, 0.3) is 0 Å². The van der Waals surface area contributed by atoms with E-state index in [0.29, 0.717) is 5.56 Å². The molecule has 22 heavy (non-hydrogen) atoms. The Bertz CT molecular complexity index is 797. The first-order valence-corrected chi connectivity index (χ1v) is 7.18. The number of hydrogen-bond acceptors (Lipinski definition) is 3. The van der Waals surface area contributed by atoms with Crippen molar-refractivity contribution in [1.29, 1.82) is 0 Å². The van der Waals surface area contributed by atoms with Crippen LogP contribution in [0, 0.1) is 37.8 Å². The molecule has 0 spiro atoms. The normalized spacial score (nSPS) is 10.6. The van der Waals surface area contributed by atoms with Gasteiger partial charge in [-0.05, 0) is 62.1 Å². The van der Waals surface area contributed by atoms with Crippen molar-refractivity contribution in [3.8, 4) is 0 Å². The maximum absolute atomic E-state index is 12.8. The van der Waals surface area contributed by atoms with Crippen molar-refractivity contribution < 1.29 is 9.72 Å². The minimum absolute atomic E-state index is 0.147. The van der Waals surface area contributed by atoms with Crippen LogP contribution >= 0.6 is 11.6 Å². The topological polar surface area (TPSA) is 60.2 Å². The Morgan fingerprint density at radius 2 is 1.64 bits per heavy atom. The van der Waals surface area contributed by atoms with Crippen molar-refractivity contribution in [2.45, 2.75) is 27.7 Å². The summed E-state index contributed by atoms with van der Waals surface area (Å²) in [5.41, 5.74) is 4.60. The molecule has 0 unspecified atom stereocenters. The summed E-state index contributed by atoms with van der Waals surface area (Å²) in [6.45, 7) is 7.78. The standard InChI is InChI=1S/C17H16ClNO3/c1-9-7-14(12(4)11(3)10(9)2)17(20)15-8-13(19(21)22)5-6-16(15)18/h5-8H,1-4H3. The van der Waals surface area contributed by atoms with E-state index in [1.807, 2.05) is 33.8 Å². The third-order valence-corrected chi connectivity index (χ3v) is 4.46. The van der Waals surface area contributed by atoms with Crippen LogP contribution in [0.3, 0.4) is 0 Å². The van der Waals surface area contributed by atoms with Gasteiger partial charge in [0.05, 0.1) is 9.95 Å².